The van der Waals surface area contributed by atoms with Crippen molar-refractivity contribution in [3.8, 4) is 10.4 Å². The number of aliphatic carboxylic acids is 1. The Hall–Kier alpha value is -1.17. The third kappa shape index (κ3) is 4.43. The average Bonchev–Trinajstić information content (AvgIpc) is 3.00. The Bertz CT molecular complexity index is 665. The van der Waals surface area contributed by atoms with Gasteiger partial charge in [-0.05, 0) is 42.7 Å². The second-order valence-electron chi connectivity index (χ2n) is 5.67. The number of nitrogens with one attached hydrogen (secondary N) is 1. The Kier molecular flexibility index (Phi) is 6.39. The number of benzene rings is 1. The van der Waals surface area contributed by atoms with Crippen LogP contribution in [0.5, 0.6) is 0 Å². The highest BCUT2D eigenvalue weighted by Crippen LogP contribution is 2.30. The van der Waals surface area contributed by atoms with Crippen molar-refractivity contribution in [3.63, 3.8) is 0 Å². The van der Waals surface area contributed by atoms with Crippen LogP contribution < -0.4 is 5.32 Å². The molecule has 0 saturated carbocycles. The van der Waals surface area contributed by atoms with Gasteiger partial charge in [0.15, 0.2) is 0 Å². The topological polar surface area (TPSA) is 49.3 Å². The second kappa shape index (κ2) is 8.08. The van der Waals surface area contributed by atoms with Gasteiger partial charge >= 0.3 is 5.97 Å². The molecule has 1 aromatic heterocycles. The van der Waals surface area contributed by atoms with E-state index in [0.29, 0.717) is 25.9 Å². The highest BCUT2D eigenvalue weighted by atomic mass is 79.9. The first kappa shape index (κ1) is 18.2. The third-order valence-corrected chi connectivity index (χ3v) is 5.97. The molecule has 0 saturated heterocycles. The maximum atomic E-state index is 11.5. The van der Waals surface area contributed by atoms with Gasteiger partial charge in [-0.2, -0.15) is 0 Å². The molecule has 0 aliphatic carbocycles. The molecule has 2 rings (SSSR count). The van der Waals surface area contributed by atoms with Gasteiger partial charge in [-0.25, -0.2) is 0 Å². The quantitative estimate of drug-likeness (QED) is 0.648. The molecule has 2 N–H and O–H groups in total. The number of halogens is 1. The fraction of sp³-hybridized carbons (Fsp3) is 0.389. The van der Waals surface area contributed by atoms with Gasteiger partial charge in [-0.3, -0.25) is 4.79 Å². The number of carbonyl (C=O) groups is 1. The van der Waals surface area contributed by atoms with E-state index < -0.39 is 11.4 Å². The predicted octanol–water partition coefficient (Wildman–Crippen LogP) is 5.16. The van der Waals surface area contributed by atoms with Gasteiger partial charge in [0.1, 0.15) is 0 Å². The van der Waals surface area contributed by atoms with Crippen molar-refractivity contribution in [1.29, 1.82) is 0 Å². The molecule has 5 heteroatoms. The van der Waals surface area contributed by atoms with Crippen molar-refractivity contribution in [3.05, 3.63) is 45.7 Å². The number of carboxylic acid groups (broad SMARTS) is 1. The highest BCUT2D eigenvalue weighted by molar-refractivity contribution is 9.10. The average molecular weight is 396 g/mol. The van der Waals surface area contributed by atoms with E-state index in [1.807, 2.05) is 26.0 Å². The molecule has 0 atom stereocenters. The fourth-order valence-electron chi connectivity index (χ4n) is 2.57. The minimum Gasteiger partial charge on any atom is -0.481 e. The van der Waals surface area contributed by atoms with Gasteiger partial charge in [0, 0.05) is 27.3 Å². The summed E-state index contributed by atoms with van der Waals surface area (Å²) in [5.41, 5.74) is 0.530. The lowest BCUT2D eigenvalue weighted by Crippen LogP contribution is -2.39. The Morgan fingerprint density at radius 3 is 2.61 bits per heavy atom. The Balaban J connectivity index is 1.99. The van der Waals surface area contributed by atoms with Gasteiger partial charge in [0.25, 0.3) is 0 Å². The summed E-state index contributed by atoms with van der Waals surface area (Å²) >= 11 is 5.23. The molecule has 2 aromatic rings. The van der Waals surface area contributed by atoms with E-state index in [-0.39, 0.29) is 0 Å². The van der Waals surface area contributed by atoms with Crippen LogP contribution in [0.1, 0.15) is 31.6 Å². The van der Waals surface area contributed by atoms with E-state index in [4.69, 9.17) is 0 Å². The van der Waals surface area contributed by atoms with E-state index in [1.54, 1.807) is 11.3 Å². The van der Waals surface area contributed by atoms with E-state index >= 15 is 0 Å². The maximum absolute atomic E-state index is 11.5. The van der Waals surface area contributed by atoms with Gasteiger partial charge < -0.3 is 10.4 Å². The van der Waals surface area contributed by atoms with Crippen LogP contribution in [0.25, 0.3) is 10.4 Å². The largest absolute Gasteiger partial charge is 0.481 e. The van der Waals surface area contributed by atoms with Crippen molar-refractivity contribution in [2.75, 3.05) is 6.54 Å². The van der Waals surface area contributed by atoms with E-state index in [0.717, 1.165) is 4.47 Å². The molecule has 0 bridgehead atoms. The van der Waals surface area contributed by atoms with Crippen molar-refractivity contribution in [2.45, 2.75) is 33.2 Å². The molecule has 1 heterocycles. The smallest absolute Gasteiger partial charge is 0.310 e. The Morgan fingerprint density at radius 2 is 2.00 bits per heavy atom. The molecule has 23 heavy (non-hydrogen) atoms. The zero-order valence-electron chi connectivity index (χ0n) is 13.4. The summed E-state index contributed by atoms with van der Waals surface area (Å²) in [5.74, 6) is -0.712. The van der Waals surface area contributed by atoms with Crippen molar-refractivity contribution < 1.29 is 9.90 Å². The molecule has 0 unspecified atom stereocenters. The summed E-state index contributed by atoms with van der Waals surface area (Å²) in [6, 6.07) is 12.5. The fourth-order valence-corrected chi connectivity index (χ4v) is 3.95. The Labute approximate surface area is 149 Å². The summed E-state index contributed by atoms with van der Waals surface area (Å²) in [7, 11) is 0. The number of carboxylic acids is 1. The SMILES string of the molecule is CCC(CC)(CNCc1ccc(-c2cccc(Br)c2)s1)C(=O)O. The predicted molar refractivity (Wildman–Crippen MR) is 99.8 cm³/mol. The molecule has 0 fully saturated rings. The molecular formula is C18H22BrNO2S. The summed E-state index contributed by atoms with van der Waals surface area (Å²) in [4.78, 5) is 13.9. The summed E-state index contributed by atoms with van der Waals surface area (Å²) < 4.78 is 1.07. The Morgan fingerprint density at radius 1 is 1.26 bits per heavy atom. The molecule has 0 aliphatic rings. The van der Waals surface area contributed by atoms with Gasteiger partial charge in [-0.1, -0.05) is 41.9 Å². The number of hydrogen-bond donors (Lipinski definition) is 2. The minimum absolute atomic E-state index is 0.499. The van der Waals surface area contributed by atoms with Crippen LogP contribution >= 0.6 is 27.3 Å². The van der Waals surface area contributed by atoms with Crippen LogP contribution in [-0.2, 0) is 11.3 Å². The van der Waals surface area contributed by atoms with Crippen LogP contribution in [0.4, 0.5) is 0 Å². The lowest BCUT2D eigenvalue weighted by Gasteiger charge is -2.26. The molecule has 3 nitrogen and oxygen atoms in total. The molecule has 0 spiro atoms. The minimum atomic E-state index is -0.712. The maximum Gasteiger partial charge on any atom is 0.310 e. The molecule has 124 valence electrons. The lowest BCUT2D eigenvalue weighted by atomic mass is 9.82. The van der Waals surface area contributed by atoms with Gasteiger partial charge in [-0.15, -0.1) is 11.3 Å². The monoisotopic (exact) mass is 395 g/mol. The summed E-state index contributed by atoms with van der Waals surface area (Å²) in [5, 5.41) is 12.8. The summed E-state index contributed by atoms with van der Waals surface area (Å²) in [6.45, 7) is 5.08. The molecular weight excluding hydrogens is 374 g/mol. The van der Waals surface area contributed by atoms with Crippen molar-refractivity contribution in [1.82, 2.24) is 5.32 Å². The molecule has 0 radical (unpaired) electrons. The highest BCUT2D eigenvalue weighted by Gasteiger charge is 2.34. The van der Waals surface area contributed by atoms with Crippen LogP contribution in [0, 0.1) is 5.41 Å². The van der Waals surface area contributed by atoms with Crippen LogP contribution in [0.3, 0.4) is 0 Å². The van der Waals surface area contributed by atoms with Gasteiger partial charge in [0.2, 0.25) is 0 Å². The lowest BCUT2D eigenvalue weighted by molar-refractivity contribution is -0.149. The van der Waals surface area contributed by atoms with E-state index in [1.165, 1.54) is 15.3 Å². The molecule has 1 aromatic carbocycles. The van der Waals surface area contributed by atoms with Crippen molar-refractivity contribution in [2.24, 2.45) is 5.41 Å². The number of rotatable bonds is 8. The summed E-state index contributed by atoms with van der Waals surface area (Å²) in [6.07, 6.45) is 1.28. The molecule has 0 aliphatic heterocycles. The van der Waals surface area contributed by atoms with Crippen molar-refractivity contribution >= 4 is 33.2 Å². The van der Waals surface area contributed by atoms with E-state index in [2.05, 4.69) is 45.5 Å². The first-order valence-corrected chi connectivity index (χ1v) is 9.40. The van der Waals surface area contributed by atoms with Gasteiger partial charge in [0.05, 0.1) is 5.41 Å². The first-order chi connectivity index (χ1) is 11.0. The first-order valence-electron chi connectivity index (χ1n) is 7.79. The van der Waals surface area contributed by atoms with Crippen LogP contribution in [-0.4, -0.2) is 17.6 Å². The normalized spacial score (nSPS) is 11.6. The molecule has 0 amide bonds. The van der Waals surface area contributed by atoms with Crippen LogP contribution in [0.15, 0.2) is 40.9 Å². The van der Waals surface area contributed by atoms with E-state index in [9.17, 15) is 9.90 Å². The zero-order chi connectivity index (χ0) is 16.9. The second-order valence-corrected chi connectivity index (χ2v) is 7.76. The number of hydrogen-bond acceptors (Lipinski definition) is 3. The zero-order valence-corrected chi connectivity index (χ0v) is 15.8. The standard InChI is InChI=1S/C18H22BrNO2S/c1-3-18(4-2,17(21)22)12-20-11-15-8-9-16(23-15)13-6-5-7-14(19)10-13/h5-10,20H,3-4,11-12H2,1-2H3,(H,21,22). The van der Waals surface area contributed by atoms with Crippen LogP contribution in [0.2, 0.25) is 0 Å². The third-order valence-electron chi connectivity index (χ3n) is 4.34. The number of thiophene rings is 1.